The molecule has 3 atom stereocenters. The summed E-state index contributed by atoms with van der Waals surface area (Å²) in [6.07, 6.45) is 1.79. The summed E-state index contributed by atoms with van der Waals surface area (Å²) in [7, 11) is 0.723. The number of hydrogen-bond donors (Lipinski definition) is 1. The highest BCUT2D eigenvalue weighted by Crippen LogP contribution is 2.30. The summed E-state index contributed by atoms with van der Waals surface area (Å²) in [5, 5.41) is 9.86. The first kappa shape index (κ1) is 11.8. The van der Waals surface area contributed by atoms with Gasteiger partial charge in [-0.2, -0.15) is 0 Å². The van der Waals surface area contributed by atoms with Crippen molar-refractivity contribution < 1.29 is 14.2 Å². The molecule has 2 nitrogen and oxygen atoms in total. The topological polar surface area (TPSA) is 29.5 Å². The Morgan fingerprint density at radius 2 is 2.44 bits per heavy atom. The molecule has 1 aromatic carbocycles. The minimum Gasteiger partial charge on any atom is -0.487 e. The maximum Gasteiger partial charge on any atom is 0.125 e. The first-order chi connectivity index (χ1) is 7.70. The summed E-state index contributed by atoms with van der Waals surface area (Å²) in [6.45, 7) is 2.06. The monoisotopic (exact) mass is 242 g/mol. The number of fused-ring (bicyclic) bond motifs is 1. The van der Waals surface area contributed by atoms with Crippen LogP contribution in [0, 0.1) is 5.82 Å². The van der Waals surface area contributed by atoms with Crippen LogP contribution in [0.1, 0.15) is 12.0 Å². The highest BCUT2D eigenvalue weighted by Gasteiger charge is 2.25. The Labute approximate surface area is 96.6 Å². The van der Waals surface area contributed by atoms with E-state index in [1.54, 1.807) is 6.07 Å². The summed E-state index contributed by atoms with van der Waals surface area (Å²) >= 11 is 0. The molecule has 1 unspecified atom stereocenters. The molecule has 1 N–H and O–H groups in total. The summed E-state index contributed by atoms with van der Waals surface area (Å²) in [6, 6.07) is 4.56. The van der Waals surface area contributed by atoms with Crippen molar-refractivity contribution in [2.24, 2.45) is 0 Å². The van der Waals surface area contributed by atoms with Crippen molar-refractivity contribution in [3.8, 4) is 5.75 Å². The van der Waals surface area contributed by atoms with Gasteiger partial charge in [0.2, 0.25) is 0 Å². The number of halogens is 1. The van der Waals surface area contributed by atoms with Crippen molar-refractivity contribution in [2.75, 3.05) is 12.8 Å². The van der Waals surface area contributed by atoms with E-state index in [1.807, 2.05) is 0 Å². The van der Waals surface area contributed by atoms with E-state index < -0.39 is 6.10 Å². The van der Waals surface area contributed by atoms with Crippen LogP contribution in [-0.4, -0.2) is 30.1 Å². The number of aliphatic hydroxyl groups excluding tert-OH is 1. The number of rotatable bonds is 3. The van der Waals surface area contributed by atoms with E-state index in [0.29, 0.717) is 0 Å². The van der Waals surface area contributed by atoms with Crippen molar-refractivity contribution in [2.45, 2.75) is 25.0 Å². The average Bonchev–Trinajstić information content (AvgIpc) is 2.28. The van der Waals surface area contributed by atoms with Crippen molar-refractivity contribution in [1.82, 2.24) is 0 Å². The van der Waals surface area contributed by atoms with Gasteiger partial charge in [0, 0.05) is 0 Å². The molecule has 2 rings (SSSR count). The molecule has 16 heavy (non-hydrogen) atoms. The largest absolute Gasteiger partial charge is 0.487 e. The summed E-state index contributed by atoms with van der Waals surface area (Å²) < 4.78 is 18.7. The molecule has 0 bridgehead atoms. The molecule has 0 aliphatic carbocycles. The van der Waals surface area contributed by atoms with E-state index in [0.717, 1.165) is 38.9 Å². The fourth-order valence-electron chi connectivity index (χ4n) is 1.99. The molecular formula is C12H16FO2P. The molecule has 0 radical (unpaired) electrons. The van der Waals surface area contributed by atoms with Gasteiger partial charge in [-0.15, -0.1) is 8.58 Å². The quantitative estimate of drug-likeness (QED) is 0.823. The molecule has 1 heterocycles. The summed E-state index contributed by atoms with van der Waals surface area (Å²) in [4.78, 5) is 0. The van der Waals surface area contributed by atoms with Crippen LogP contribution in [-0.2, 0) is 6.42 Å². The minimum absolute atomic E-state index is 0.134. The molecule has 1 aliphatic rings. The van der Waals surface area contributed by atoms with Crippen LogP contribution in [0.15, 0.2) is 18.2 Å². The first-order valence-corrected chi connectivity index (χ1v) is 7.19. The van der Waals surface area contributed by atoms with Gasteiger partial charge in [-0.25, -0.2) is 4.39 Å². The van der Waals surface area contributed by atoms with Crippen molar-refractivity contribution >= 4 is 8.58 Å². The Balaban J connectivity index is 2.09. The molecule has 88 valence electrons. The molecule has 0 amide bonds. The van der Waals surface area contributed by atoms with Crippen molar-refractivity contribution in [1.29, 1.82) is 0 Å². The van der Waals surface area contributed by atoms with Gasteiger partial charge in [0.1, 0.15) is 17.7 Å². The van der Waals surface area contributed by atoms with Crippen LogP contribution < -0.4 is 4.74 Å². The van der Waals surface area contributed by atoms with Gasteiger partial charge >= 0.3 is 0 Å². The Morgan fingerprint density at radius 3 is 3.19 bits per heavy atom. The second-order valence-electron chi connectivity index (χ2n) is 4.07. The fraction of sp³-hybridized carbons (Fsp3) is 0.500. The van der Waals surface area contributed by atoms with E-state index in [1.165, 1.54) is 12.1 Å². The Morgan fingerprint density at radius 1 is 1.62 bits per heavy atom. The smallest absolute Gasteiger partial charge is 0.125 e. The van der Waals surface area contributed by atoms with Gasteiger partial charge in [-0.1, -0.05) is 0 Å². The second kappa shape index (κ2) is 5.11. The van der Waals surface area contributed by atoms with Crippen LogP contribution in [0.2, 0.25) is 0 Å². The predicted octanol–water partition coefficient (Wildman–Crippen LogP) is 2.19. The van der Waals surface area contributed by atoms with Crippen LogP contribution >= 0.6 is 8.58 Å². The van der Waals surface area contributed by atoms with Crippen LogP contribution in [0.5, 0.6) is 5.75 Å². The number of ether oxygens (including phenoxy) is 1. The molecule has 1 aromatic rings. The Kier molecular flexibility index (Phi) is 3.78. The van der Waals surface area contributed by atoms with Gasteiger partial charge in [-0.05, 0) is 49.4 Å². The highest BCUT2D eigenvalue weighted by molar-refractivity contribution is 7.37. The van der Waals surface area contributed by atoms with Gasteiger partial charge in [0.05, 0.1) is 6.10 Å². The number of aryl methyl sites for hydroxylation is 1. The molecule has 0 spiro atoms. The van der Waals surface area contributed by atoms with Gasteiger partial charge < -0.3 is 9.84 Å². The standard InChI is InChI=1S/C12H16FO2P/c1-16-7-10(14)12-4-2-8-6-9(13)3-5-11(8)15-12/h3,5-6,10,12,14,16H,2,4,7H2,1H3/t10-,12+/m1/s1. The molecule has 1 aliphatic heterocycles. The van der Waals surface area contributed by atoms with Crippen molar-refractivity contribution in [3.63, 3.8) is 0 Å². The van der Waals surface area contributed by atoms with Crippen LogP contribution in [0.25, 0.3) is 0 Å². The van der Waals surface area contributed by atoms with E-state index >= 15 is 0 Å². The van der Waals surface area contributed by atoms with E-state index in [9.17, 15) is 9.50 Å². The lowest BCUT2D eigenvalue weighted by molar-refractivity contribution is 0.0382. The lowest BCUT2D eigenvalue weighted by atomic mass is 9.99. The SMILES string of the molecule is CPC[C@@H](O)[C@@H]1CCc2cc(F)ccc2O1. The Hall–Kier alpha value is -0.660. The maximum atomic E-state index is 13.0. The Bertz CT molecular complexity index is 370. The van der Waals surface area contributed by atoms with Gasteiger partial charge in [-0.3, -0.25) is 0 Å². The molecule has 0 fully saturated rings. The van der Waals surface area contributed by atoms with E-state index in [-0.39, 0.29) is 11.9 Å². The average molecular weight is 242 g/mol. The first-order valence-electron chi connectivity index (χ1n) is 5.48. The number of hydrogen-bond acceptors (Lipinski definition) is 2. The third-order valence-electron chi connectivity index (χ3n) is 2.84. The molecule has 0 saturated carbocycles. The van der Waals surface area contributed by atoms with Gasteiger partial charge in [0.15, 0.2) is 0 Å². The third kappa shape index (κ3) is 2.53. The zero-order valence-corrected chi connectivity index (χ0v) is 10.2. The lowest BCUT2D eigenvalue weighted by Crippen LogP contribution is -2.36. The van der Waals surface area contributed by atoms with Crippen molar-refractivity contribution in [3.05, 3.63) is 29.6 Å². The minimum atomic E-state index is -0.401. The normalized spacial score (nSPS) is 21.8. The lowest BCUT2D eigenvalue weighted by Gasteiger charge is -2.29. The molecule has 0 saturated heterocycles. The predicted molar refractivity (Wildman–Crippen MR) is 64.2 cm³/mol. The highest BCUT2D eigenvalue weighted by atomic mass is 31.1. The third-order valence-corrected chi connectivity index (χ3v) is 3.67. The zero-order valence-electron chi connectivity index (χ0n) is 9.24. The van der Waals surface area contributed by atoms with E-state index in [4.69, 9.17) is 4.74 Å². The van der Waals surface area contributed by atoms with Gasteiger partial charge in [0.25, 0.3) is 0 Å². The van der Waals surface area contributed by atoms with Crippen LogP contribution in [0.4, 0.5) is 4.39 Å². The summed E-state index contributed by atoms with van der Waals surface area (Å²) in [5.41, 5.74) is 0.905. The second-order valence-corrected chi connectivity index (χ2v) is 5.19. The summed E-state index contributed by atoms with van der Waals surface area (Å²) in [5.74, 6) is 0.493. The zero-order chi connectivity index (χ0) is 11.5. The molecule has 0 aromatic heterocycles. The van der Waals surface area contributed by atoms with Crippen LogP contribution in [0.3, 0.4) is 0 Å². The molecular weight excluding hydrogens is 226 g/mol. The fourth-order valence-corrected chi connectivity index (χ4v) is 2.67. The molecule has 4 heteroatoms. The van der Waals surface area contributed by atoms with E-state index in [2.05, 4.69) is 6.66 Å². The maximum absolute atomic E-state index is 13.0. The number of aliphatic hydroxyl groups is 1. The number of benzene rings is 1.